The molecule has 0 radical (unpaired) electrons. The lowest BCUT2D eigenvalue weighted by molar-refractivity contribution is -0.910. The number of thiophene rings is 1. The van der Waals surface area contributed by atoms with Gasteiger partial charge in [0.15, 0.2) is 5.82 Å². The van der Waals surface area contributed by atoms with Gasteiger partial charge in [-0.1, -0.05) is 6.07 Å². The smallest absolute Gasteiger partial charge is 0.231 e. The number of aryl methyl sites for hydroxylation is 2. The number of carbonyl (C=O) groups excluding carboxylic acids is 1. The molecule has 0 aliphatic heterocycles. The van der Waals surface area contributed by atoms with Crippen LogP contribution in [-0.2, 0) is 11.3 Å². The summed E-state index contributed by atoms with van der Waals surface area (Å²) in [7, 11) is 0. The highest BCUT2D eigenvalue weighted by atomic mass is 32.1. The lowest BCUT2D eigenvalue weighted by Gasteiger charge is -2.15. The van der Waals surface area contributed by atoms with Crippen LogP contribution in [0.3, 0.4) is 0 Å². The summed E-state index contributed by atoms with van der Waals surface area (Å²) in [5, 5.41) is 3.75. The van der Waals surface area contributed by atoms with E-state index in [0.29, 0.717) is 17.3 Å². The maximum atomic E-state index is 11.3. The number of fused-ring (bicyclic) bond motifs is 1. The SMILES string of the molecule is CC[NH+](CC)Cc1nc(Oc2cccc(NC(C)=O)c2)c2c(C)c(C)sc2n1. The van der Waals surface area contributed by atoms with Gasteiger partial charge in [0.05, 0.1) is 18.5 Å². The van der Waals surface area contributed by atoms with Crippen molar-refractivity contribution in [3.05, 3.63) is 40.5 Å². The van der Waals surface area contributed by atoms with Crippen LogP contribution in [0.25, 0.3) is 10.2 Å². The van der Waals surface area contributed by atoms with Crippen LogP contribution in [0.2, 0.25) is 0 Å². The van der Waals surface area contributed by atoms with Crippen molar-refractivity contribution in [1.29, 1.82) is 0 Å². The van der Waals surface area contributed by atoms with E-state index < -0.39 is 0 Å². The number of hydrogen-bond acceptors (Lipinski definition) is 5. The van der Waals surface area contributed by atoms with Crippen molar-refractivity contribution in [3.8, 4) is 11.6 Å². The Morgan fingerprint density at radius 3 is 2.64 bits per heavy atom. The summed E-state index contributed by atoms with van der Waals surface area (Å²) in [4.78, 5) is 24.5. The van der Waals surface area contributed by atoms with Crippen molar-refractivity contribution in [2.45, 2.75) is 41.2 Å². The molecule has 0 aliphatic carbocycles. The van der Waals surface area contributed by atoms with E-state index >= 15 is 0 Å². The molecule has 0 atom stereocenters. The molecular weight excluding hydrogens is 372 g/mol. The van der Waals surface area contributed by atoms with Crippen LogP contribution in [-0.4, -0.2) is 29.0 Å². The van der Waals surface area contributed by atoms with Gasteiger partial charge in [0.25, 0.3) is 0 Å². The number of benzene rings is 1. The number of carbonyl (C=O) groups is 1. The second-order valence-electron chi connectivity index (χ2n) is 6.85. The molecule has 3 aromatic rings. The Morgan fingerprint density at radius 2 is 1.96 bits per heavy atom. The van der Waals surface area contributed by atoms with Crippen LogP contribution in [0.15, 0.2) is 24.3 Å². The Bertz CT molecular complexity index is 995. The third-order valence-electron chi connectivity index (χ3n) is 4.82. The van der Waals surface area contributed by atoms with Crippen LogP contribution in [0, 0.1) is 13.8 Å². The molecule has 1 aromatic carbocycles. The largest absolute Gasteiger partial charge is 0.438 e. The zero-order valence-corrected chi connectivity index (χ0v) is 17.9. The predicted molar refractivity (Wildman–Crippen MR) is 113 cm³/mol. The van der Waals surface area contributed by atoms with Crippen LogP contribution in [0.1, 0.15) is 37.0 Å². The van der Waals surface area contributed by atoms with E-state index in [-0.39, 0.29) is 5.91 Å². The summed E-state index contributed by atoms with van der Waals surface area (Å²) in [6.45, 7) is 12.8. The third kappa shape index (κ3) is 4.48. The number of ether oxygens (including phenoxy) is 1. The van der Waals surface area contributed by atoms with Crippen LogP contribution < -0.4 is 15.0 Å². The van der Waals surface area contributed by atoms with Gasteiger partial charge in [0.2, 0.25) is 11.8 Å². The fourth-order valence-corrected chi connectivity index (χ4v) is 4.12. The Kier molecular flexibility index (Phi) is 6.26. The topological polar surface area (TPSA) is 68.6 Å². The van der Waals surface area contributed by atoms with Crippen LogP contribution in [0.5, 0.6) is 11.6 Å². The molecule has 2 heterocycles. The Morgan fingerprint density at radius 1 is 1.21 bits per heavy atom. The summed E-state index contributed by atoms with van der Waals surface area (Å²) in [6.07, 6.45) is 0. The minimum absolute atomic E-state index is 0.115. The maximum Gasteiger partial charge on any atom is 0.231 e. The molecule has 0 saturated carbocycles. The average molecular weight is 400 g/mol. The molecule has 0 bridgehead atoms. The second-order valence-corrected chi connectivity index (χ2v) is 8.06. The molecule has 28 heavy (non-hydrogen) atoms. The minimum Gasteiger partial charge on any atom is -0.438 e. The molecule has 0 spiro atoms. The highest BCUT2D eigenvalue weighted by molar-refractivity contribution is 7.18. The normalized spacial score (nSPS) is 11.2. The maximum absolute atomic E-state index is 11.3. The Balaban J connectivity index is 2.02. The molecule has 1 amide bonds. The van der Waals surface area contributed by atoms with E-state index in [1.165, 1.54) is 16.7 Å². The first kappa shape index (κ1) is 20.2. The molecule has 2 aromatic heterocycles. The Labute approximate surface area is 169 Å². The molecule has 0 fully saturated rings. The Hall–Kier alpha value is -2.51. The fraction of sp³-hybridized carbons (Fsp3) is 0.381. The van der Waals surface area contributed by atoms with Gasteiger partial charge in [0, 0.05) is 23.6 Å². The van der Waals surface area contributed by atoms with Gasteiger partial charge >= 0.3 is 0 Å². The third-order valence-corrected chi connectivity index (χ3v) is 5.92. The van der Waals surface area contributed by atoms with Gasteiger partial charge < -0.3 is 15.0 Å². The molecule has 3 rings (SSSR count). The number of amides is 1. The van der Waals surface area contributed by atoms with Crippen LogP contribution in [0.4, 0.5) is 5.69 Å². The van der Waals surface area contributed by atoms with Gasteiger partial charge in [-0.05, 0) is 45.4 Å². The van der Waals surface area contributed by atoms with E-state index in [2.05, 4.69) is 33.0 Å². The summed E-state index contributed by atoms with van der Waals surface area (Å²) < 4.78 is 6.19. The number of anilines is 1. The molecule has 2 N–H and O–H groups in total. The molecule has 0 aliphatic rings. The van der Waals surface area contributed by atoms with Gasteiger partial charge in [0.1, 0.15) is 17.1 Å². The van der Waals surface area contributed by atoms with Crippen LogP contribution >= 0.6 is 11.3 Å². The highest BCUT2D eigenvalue weighted by Crippen LogP contribution is 2.36. The van der Waals surface area contributed by atoms with Crippen molar-refractivity contribution in [1.82, 2.24) is 9.97 Å². The standard InChI is InChI=1S/C21H26N4O2S/c1-6-25(7-2)12-18-23-20(19-13(3)14(4)28-21(19)24-18)27-17-10-8-9-16(11-17)22-15(5)26/h8-11H,6-7,12H2,1-5H3,(H,22,26)/p+1. The number of nitrogens with zero attached hydrogens (tertiary/aromatic N) is 2. The van der Waals surface area contributed by atoms with Crippen molar-refractivity contribution in [2.75, 3.05) is 18.4 Å². The fourth-order valence-electron chi connectivity index (χ4n) is 3.08. The summed E-state index contributed by atoms with van der Waals surface area (Å²) in [5.74, 6) is 1.89. The van der Waals surface area contributed by atoms with Crippen molar-refractivity contribution >= 4 is 33.1 Å². The number of rotatable bonds is 7. The van der Waals surface area contributed by atoms with E-state index in [9.17, 15) is 4.79 Å². The van der Waals surface area contributed by atoms with E-state index in [1.807, 2.05) is 18.2 Å². The number of hydrogen-bond donors (Lipinski definition) is 2. The zero-order chi connectivity index (χ0) is 20.3. The lowest BCUT2D eigenvalue weighted by Crippen LogP contribution is -3.10. The molecular formula is C21H27N4O2S+. The summed E-state index contributed by atoms with van der Waals surface area (Å²) >= 11 is 1.67. The van der Waals surface area contributed by atoms with Crippen molar-refractivity contribution in [3.63, 3.8) is 0 Å². The average Bonchev–Trinajstić information content (AvgIpc) is 2.93. The van der Waals surface area contributed by atoms with Gasteiger partial charge in [-0.2, -0.15) is 4.98 Å². The predicted octanol–water partition coefficient (Wildman–Crippen LogP) is 3.48. The minimum atomic E-state index is -0.115. The molecule has 7 heteroatoms. The number of nitrogens with one attached hydrogen (secondary N) is 2. The number of aromatic nitrogens is 2. The zero-order valence-electron chi connectivity index (χ0n) is 17.0. The summed E-state index contributed by atoms with van der Waals surface area (Å²) in [6, 6.07) is 7.35. The quantitative estimate of drug-likeness (QED) is 0.638. The molecule has 148 valence electrons. The van der Waals surface area contributed by atoms with Crippen molar-refractivity contribution in [2.24, 2.45) is 0 Å². The van der Waals surface area contributed by atoms with Gasteiger partial charge in [-0.25, -0.2) is 4.98 Å². The van der Waals surface area contributed by atoms with Gasteiger partial charge in [-0.3, -0.25) is 4.79 Å². The van der Waals surface area contributed by atoms with Gasteiger partial charge in [-0.15, -0.1) is 11.3 Å². The molecule has 0 saturated heterocycles. The lowest BCUT2D eigenvalue weighted by atomic mass is 10.2. The highest BCUT2D eigenvalue weighted by Gasteiger charge is 2.18. The summed E-state index contributed by atoms with van der Waals surface area (Å²) in [5.41, 5.74) is 1.84. The monoisotopic (exact) mass is 399 g/mol. The molecule has 6 nitrogen and oxygen atoms in total. The second kappa shape index (κ2) is 8.67. The van der Waals surface area contributed by atoms with Crippen molar-refractivity contribution < 1.29 is 14.4 Å². The first-order chi connectivity index (χ1) is 13.4. The van der Waals surface area contributed by atoms with E-state index in [4.69, 9.17) is 14.7 Å². The first-order valence-electron chi connectivity index (χ1n) is 9.56. The molecule has 0 unspecified atom stereocenters. The first-order valence-corrected chi connectivity index (χ1v) is 10.4. The van der Waals surface area contributed by atoms with E-state index in [0.717, 1.165) is 41.2 Å². The number of quaternary nitrogens is 1. The van der Waals surface area contributed by atoms with E-state index in [1.54, 1.807) is 17.4 Å².